The fourth-order valence-corrected chi connectivity index (χ4v) is 3.02. The first kappa shape index (κ1) is 17.2. The van der Waals surface area contributed by atoms with Crippen molar-refractivity contribution in [1.82, 2.24) is 14.7 Å². The second-order valence-electron chi connectivity index (χ2n) is 6.06. The molecule has 0 fully saturated rings. The largest absolute Gasteiger partial charge is 0.497 e. The first-order valence-electron chi connectivity index (χ1n) is 8.48. The van der Waals surface area contributed by atoms with E-state index in [-0.39, 0.29) is 11.6 Å². The maximum atomic E-state index is 12.4. The van der Waals surface area contributed by atoms with Crippen molar-refractivity contribution >= 4 is 5.65 Å². The fraction of sp³-hybridized carbons (Fsp3) is 0.300. The second kappa shape index (κ2) is 7.49. The van der Waals surface area contributed by atoms with Crippen molar-refractivity contribution < 1.29 is 4.74 Å². The second-order valence-corrected chi connectivity index (χ2v) is 6.06. The molecule has 0 aliphatic heterocycles. The third kappa shape index (κ3) is 3.72. The highest BCUT2D eigenvalue weighted by Gasteiger charge is 2.10. The van der Waals surface area contributed by atoms with E-state index in [0.717, 1.165) is 23.6 Å². The Morgan fingerprint density at radius 3 is 2.64 bits per heavy atom. The molecule has 3 aromatic rings. The van der Waals surface area contributed by atoms with Crippen molar-refractivity contribution in [2.45, 2.75) is 32.9 Å². The number of hydrogen-bond donors (Lipinski definition) is 1. The summed E-state index contributed by atoms with van der Waals surface area (Å²) in [5, 5.41) is 3.49. The highest BCUT2D eigenvalue weighted by atomic mass is 16.5. The van der Waals surface area contributed by atoms with Gasteiger partial charge in [0.05, 0.1) is 12.8 Å². The molecule has 1 atom stereocenters. The molecule has 5 heteroatoms. The molecule has 0 saturated carbocycles. The number of nitrogens with one attached hydrogen (secondary N) is 1. The van der Waals surface area contributed by atoms with Crippen LogP contribution in [0, 0.1) is 6.92 Å². The number of aryl methyl sites for hydroxylation is 1. The summed E-state index contributed by atoms with van der Waals surface area (Å²) in [6.07, 6.45) is 0.942. The summed E-state index contributed by atoms with van der Waals surface area (Å²) < 4.78 is 6.84. The number of benzene rings is 1. The number of fused-ring (bicyclic) bond motifs is 1. The van der Waals surface area contributed by atoms with Crippen LogP contribution in [0.25, 0.3) is 5.65 Å². The predicted molar refractivity (Wildman–Crippen MR) is 99.1 cm³/mol. The van der Waals surface area contributed by atoms with Crippen molar-refractivity contribution in [3.63, 3.8) is 0 Å². The Hall–Kier alpha value is -2.66. The van der Waals surface area contributed by atoms with Gasteiger partial charge < -0.3 is 10.1 Å². The van der Waals surface area contributed by atoms with E-state index in [1.54, 1.807) is 17.6 Å². The summed E-state index contributed by atoms with van der Waals surface area (Å²) >= 11 is 0. The zero-order chi connectivity index (χ0) is 17.8. The van der Waals surface area contributed by atoms with Crippen LogP contribution in [0.15, 0.2) is 53.3 Å². The summed E-state index contributed by atoms with van der Waals surface area (Å²) in [5.74, 6) is 0.846. The number of nitrogens with zero attached hydrogens (tertiary/aromatic N) is 2. The number of rotatable bonds is 6. The van der Waals surface area contributed by atoms with Gasteiger partial charge in [0.2, 0.25) is 0 Å². The van der Waals surface area contributed by atoms with Crippen LogP contribution >= 0.6 is 0 Å². The molecular formula is C20H23N3O2. The molecular weight excluding hydrogens is 314 g/mol. The monoisotopic (exact) mass is 337 g/mol. The van der Waals surface area contributed by atoms with Crippen LogP contribution in [0.3, 0.4) is 0 Å². The van der Waals surface area contributed by atoms with Crippen LogP contribution < -0.4 is 15.6 Å². The molecule has 0 saturated heterocycles. The van der Waals surface area contributed by atoms with E-state index in [1.165, 1.54) is 5.56 Å². The molecule has 0 bridgehead atoms. The molecule has 0 radical (unpaired) electrons. The zero-order valence-corrected chi connectivity index (χ0v) is 14.8. The van der Waals surface area contributed by atoms with Gasteiger partial charge in [0, 0.05) is 24.3 Å². The summed E-state index contributed by atoms with van der Waals surface area (Å²) in [4.78, 5) is 17.0. The lowest BCUT2D eigenvalue weighted by Gasteiger charge is -2.18. The van der Waals surface area contributed by atoms with Gasteiger partial charge in [-0.25, -0.2) is 4.98 Å². The predicted octanol–water partition coefficient (Wildman–Crippen LogP) is 3.25. The van der Waals surface area contributed by atoms with E-state index in [1.807, 2.05) is 37.3 Å². The van der Waals surface area contributed by atoms with Crippen LogP contribution in [0.1, 0.15) is 36.3 Å². The molecule has 5 nitrogen and oxygen atoms in total. The first-order valence-corrected chi connectivity index (χ1v) is 8.48. The van der Waals surface area contributed by atoms with Crippen molar-refractivity contribution in [2.24, 2.45) is 0 Å². The minimum Gasteiger partial charge on any atom is -0.497 e. The molecule has 0 amide bonds. The zero-order valence-electron chi connectivity index (χ0n) is 14.8. The molecule has 25 heavy (non-hydrogen) atoms. The van der Waals surface area contributed by atoms with Gasteiger partial charge in [-0.15, -0.1) is 0 Å². The van der Waals surface area contributed by atoms with Gasteiger partial charge in [-0.05, 0) is 43.2 Å². The van der Waals surface area contributed by atoms with Crippen molar-refractivity contribution in [2.75, 3.05) is 7.11 Å². The summed E-state index contributed by atoms with van der Waals surface area (Å²) in [7, 11) is 1.66. The third-order valence-corrected chi connectivity index (χ3v) is 4.39. The number of pyridine rings is 1. The van der Waals surface area contributed by atoms with Crippen molar-refractivity contribution in [3.05, 3.63) is 75.8 Å². The number of hydrogen-bond acceptors (Lipinski definition) is 4. The third-order valence-electron chi connectivity index (χ3n) is 4.39. The summed E-state index contributed by atoms with van der Waals surface area (Å²) in [6, 6.07) is 15.5. The van der Waals surface area contributed by atoms with Crippen LogP contribution in [0.5, 0.6) is 5.75 Å². The Morgan fingerprint density at radius 1 is 1.20 bits per heavy atom. The SMILES string of the molecule is CC[C@H](NCc1cc(=O)n2c(C)cccc2n1)c1ccc(OC)cc1. The molecule has 2 heterocycles. The lowest BCUT2D eigenvalue weighted by molar-refractivity contribution is 0.414. The Balaban J connectivity index is 1.79. The van der Waals surface area contributed by atoms with Gasteiger partial charge in [-0.3, -0.25) is 9.20 Å². The van der Waals surface area contributed by atoms with E-state index in [0.29, 0.717) is 12.2 Å². The molecule has 0 aliphatic rings. The highest BCUT2D eigenvalue weighted by Crippen LogP contribution is 2.20. The first-order chi connectivity index (χ1) is 12.1. The van der Waals surface area contributed by atoms with Gasteiger partial charge in [-0.2, -0.15) is 0 Å². The lowest BCUT2D eigenvalue weighted by Crippen LogP contribution is -2.24. The smallest absolute Gasteiger partial charge is 0.258 e. The maximum Gasteiger partial charge on any atom is 0.258 e. The van der Waals surface area contributed by atoms with Gasteiger partial charge >= 0.3 is 0 Å². The van der Waals surface area contributed by atoms with E-state index in [2.05, 4.69) is 29.4 Å². The number of ether oxygens (including phenoxy) is 1. The Labute approximate surface area is 147 Å². The average molecular weight is 337 g/mol. The standard InChI is InChI=1S/C20H23N3O2/c1-4-18(15-8-10-17(25-3)11-9-15)21-13-16-12-20(24)23-14(2)6-5-7-19(23)22-16/h5-12,18,21H,4,13H2,1-3H3/t18-/m0/s1. The minimum absolute atomic E-state index is 0.0441. The quantitative estimate of drug-likeness (QED) is 0.750. The molecule has 1 aromatic carbocycles. The molecule has 0 spiro atoms. The lowest BCUT2D eigenvalue weighted by atomic mass is 10.0. The van der Waals surface area contributed by atoms with E-state index < -0.39 is 0 Å². The Kier molecular flexibility index (Phi) is 5.14. The van der Waals surface area contributed by atoms with E-state index in [9.17, 15) is 4.79 Å². The fourth-order valence-electron chi connectivity index (χ4n) is 3.02. The average Bonchev–Trinajstić information content (AvgIpc) is 2.62. The number of methoxy groups -OCH3 is 1. The van der Waals surface area contributed by atoms with E-state index >= 15 is 0 Å². The molecule has 130 valence electrons. The summed E-state index contributed by atoms with van der Waals surface area (Å²) in [6.45, 7) is 4.59. The van der Waals surface area contributed by atoms with Gasteiger partial charge in [0.25, 0.3) is 5.56 Å². The van der Waals surface area contributed by atoms with E-state index in [4.69, 9.17) is 4.74 Å². The topological polar surface area (TPSA) is 55.6 Å². The van der Waals surface area contributed by atoms with Crippen LogP contribution in [0.2, 0.25) is 0 Å². The van der Waals surface area contributed by atoms with Gasteiger partial charge in [0.1, 0.15) is 11.4 Å². The molecule has 3 rings (SSSR count). The molecule has 2 aromatic heterocycles. The molecule has 1 N–H and O–H groups in total. The van der Waals surface area contributed by atoms with Crippen molar-refractivity contribution in [3.8, 4) is 5.75 Å². The minimum atomic E-state index is -0.0441. The Bertz CT molecular complexity index is 916. The van der Waals surface area contributed by atoms with Crippen LogP contribution in [-0.2, 0) is 6.54 Å². The molecule has 0 aliphatic carbocycles. The van der Waals surface area contributed by atoms with Crippen molar-refractivity contribution in [1.29, 1.82) is 0 Å². The maximum absolute atomic E-state index is 12.4. The van der Waals surface area contributed by atoms with Crippen LogP contribution in [-0.4, -0.2) is 16.5 Å². The van der Waals surface area contributed by atoms with Gasteiger partial charge in [0.15, 0.2) is 0 Å². The van der Waals surface area contributed by atoms with Crippen LogP contribution in [0.4, 0.5) is 0 Å². The summed E-state index contributed by atoms with van der Waals surface area (Å²) in [5.41, 5.74) is 3.47. The normalized spacial score (nSPS) is 12.3. The molecule has 0 unspecified atom stereocenters. The Morgan fingerprint density at radius 2 is 1.96 bits per heavy atom. The highest BCUT2D eigenvalue weighted by molar-refractivity contribution is 5.40. The van der Waals surface area contributed by atoms with Gasteiger partial charge in [-0.1, -0.05) is 25.1 Å². The number of aromatic nitrogens is 2.